The van der Waals surface area contributed by atoms with Crippen LogP contribution in [-0.2, 0) is 0 Å². The molecule has 0 aromatic carbocycles. The molecule has 0 bridgehead atoms. The average molecular weight is 267 g/mol. The van der Waals surface area contributed by atoms with Crippen LogP contribution in [0.2, 0.25) is 0 Å². The summed E-state index contributed by atoms with van der Waals surface area (Å²) in [6.07, 6.45) is 5.18. The van der Waals surface area contributed by atoms with E-state index in [1.165, 1.54) is 37.3 Å². The Kier molecular flexibility index (Phi) is 4.30. The van der Waals surface area contributed by atoms with E-state index in [1.54, 1.807) is 0 Å². The van der Waals surface area contributed by atoms with Gasteiger partial charge in [0.05, 0.1) is 11.9 Å². The Morgan fingerprint density at radius 3 is 3.11 bits per heavy atom. The molecule has 1 atom stereocenters. The van der Waals surface area contributed by atoms with Crippen LogP contribution in [-0.4, -0.2) is 33.6 Å². The maximum atomic E-state index is 11.1. The zero-order valence-corrected chi connectivity index (χ0v) is 10.9. The first-order chi connectivity index (χ1) is 8.66. The standard InChI is InChI=1S/C12H17N3O2S/c13-8-5-10(12(16)17)11(14-6-8)15-7-9-3-1-2-4-18-9/h5-6,9H,1-4,7,13H2,(H,14,15)(H,16,17). The Bertz CT molecular complexity index is 433. The predicted molar refractivity (Wildman–Crippen MR) is 74.2 cm³/mol. The minimum absolute atomic E-state index is 0.135. The van der Waals surface area contributed by atoms with Gasteiger partial charge < -0.3 is 16.2 Å². The number of nitrogens with one attached hydrogen (secondary N) is 1. The minimum Gasteiger partial charge on any atom is -0.478 e. The highest BCUT2D eigenvalue weighted by Gasteiger charge is 2.16. The second-order valence-corrected chi connectivity index (χ2v) is 5.75. The average Bonchev–Trinajstić information content (AvgIpc) is 2.38. The zero-order chi connectivity index (χ0) is 13.0. The molecule has 6 heteroatoms. The molecule has 0 amide bonds. The van der Waals surface area contributed by atoms with Crippen molar-refractivity contribution in [1.82, 2.24) is 4.98 Å². The Balaban J connectivity index is 2.01. The zero-order valence-electron chi connectivity index (χ0n) is 10.1. The lowest BCUT2D eigenvalue weighted by molar-refractivity contribution is 0.0697. The van der Waals surface area contributed by atoms with E-state index >= 15 is 0 Å². The van der Waals surface area contributed by atoms with Gasteiger partial charge in [0.25, 0.3) is 0 Å². The van der Waals surface area contributed by atoms with Crippen LogP contribution in [0.3, 0.4) is 0 Å². The van der Waals surface area contributed by atoms with Gasteiger partial charge in [-0.2, -0.15) is 11.8 Å². The molecule has 1 saturated heterocycles. The number of aromatic nitrogens is 1. The molecule has 1 aliphatic rings. The molecule has 18 heavy (non-hydrogen) atoms. The fraction of sp³-hybridized carbons (Fsp3) is 0.500. The Hall–Kier alpha value is -1.43. The van der Waals surface area contributed by atoms with Crippen molar-refractivity contribution < 1.29 is 9.90 Å². The molecule has 0 radical (unpaired) electrons. The van der Waals surface area contributed by atoms with E-state index in [2.05, 4.69) is 10.3 Å². The third kappa shape index (κ3) is 3.29. The van der Waals surface area contributed by atoms with Gasteiger partial charge in [0.2, 0.25) is 0 Å². The van der Waals surface area contributed by atoms with Gasteiger partial charge in [-0.25, -0.2) is 9.78 Å². The normalized spacial score (nSPS) is 19.4. The van der Waals surface area contributed by atoms with Gasteiger partial charge >= 0.3 is 5.97 Å². The van der Waals surface area contributed by atoms with Crippen LogP contribution in [0.1, 0.15) is 29.6 Å². The number of carboxylic acids is 1. The molecule has 1 unspecified atom stereocenters. The van der Waals surface area contributed by atoms with Gasteiger partial charge in [-0.3, -0.25) is 0 Å². The number of hydrogen-bond acceptors (Lipinski definition) is 5. The first-order valence-electron chi connectivity index (χ1n) is 6.01. The van der Waals surface area contributed by atoms with Gasteiger partial charge in [-0.05, 0) is 24.7 Å². The molecule has 4 N–H and O–H groups in total. The number of thioether (sulfide) groups is 1. The smallest absolute Gasteiger partial charge is 0.339 e. The van der Waals surface area contributed by atoms with Crippen molar-refractivity contribution in [1.29, 1.82) is 0 Å². The van der Waals surface area contributed by atoms with Crippen molar-refractivity contribution in [2.24, 2.45) is 0 Å². The third-order valence-electron chi connectivity index (χ3n) is 2.91. The van der Waals surface area contributed by atoms with Gasteiger partial charge in [-0.1, -0.05) is 6.42 Å². The molecule has 98 valence electrons. The Morgan fingerprint density at radius 2 is 2.44 bits per heavy atom. The molecule has 0 saturated carbocycles. The first-order valence-corrected chi connectivity index (χ1v) is 7.06. The van der Waals surface area contributed by atoms with E-state index < -0.39 is 5.97 Å². The summed E-state index contributed by atoms with van der Waals surface area (Å²) in [5, 5.41) is 12.8. The monoisotopic (exact) mass is 267 g/mol. The molecule has 0 aliphatic carbocycles. The van der Waals surface area contributed by atoms with Crippen molar-refractivity contribution in [2.45, 2.75) is 24.5 Å². The fourth-order valence-electron chi connectivity index (χ4n) is 1.96. The van der Waals surface area contributed by atoms with Crippen LogP contribution in [0.4, 0.5) is 11.5 Å². The van der Waals surface area contributed by atoms with E-state index in [0.717, 1.165) is 6.54 Å². The van der Waals surface area contributed by atoms with Gasteiger partial charge in [0, 0.05) is 11.8 Å². The maximum absolute atomic E-state index is 11.1. The molecule has 1 fully saturated rings. The number of carboxylic acid groups (broad SMARTS) is 1. The molecule has 1 aromatic rings. The summed E-state index contributed by atoms with van der Waals surface area (Å²) in [4.78, 5) is 15.1. The molecule has 1 aliphatic heterocycles. The number of hydrogen-bond donors (Lipinski definition) is 3. The van der Waals surface area contributed by atoms with Gasteiger partial charge in [-0.15, -0.1) is 0 Å². The molecule has 2 heterocycles. The highest BCUT2D eigenvalue weighted by atomic mass is 32.2. The summed E-state index contributed by atoms with van der Waals surface area (Å²) in [5.74, 6) is 0.587. The predicted octanol–water partition coefficient (Wildman–Crippen LogP) is 2.06. The van der Waals surface area contributed by atoms with E-state index in [4.69, 9.17) is 10.8 Å². The van der Waals surface area contributed by atoms with Crippen LogP contribution in [0.5, 0.6) is 0 Å². The molecule has 0 spiro atoms. The van der Waals surface area contributed by atoms with Crippen LogP contribution in [0, 0.1) is 0 Å². The summed E-state index contributed by atoms with van der Waals surface area (Å²) in [6, 6.07) is 1.44. The van der Waals surface area contributed by atoms with Crippen molar-refractivity contribution >= 4 is 29.2 Å². The van der Waals surface area contributed by atoms with Crippen LogP contribution >= 0.6 is 11.8 Å². The Morgan fingerprint density at radius 1 is 1.61 bits per heavy atom. The number of nitrogens with zero attached hydrogens (tertiary/aromatic N) is 1. The molecule has 1 aromatic heterocycles. The second-order valence-electron chi connectivity index (χ2n) is 4.34. The number of aromatic carboxylic acids is 1. The summed E-state index contributed by atoms with van der Waals surface area (Å²) < 4.78 is 0. The lowest BCUT2D eigenvalue weighted by Gasteiger charge is -2.22. The summed E-state index contributed by atoms with van der Waals surface area (Å²) in [6.45, 7) is 0.752. The van der Waals surface area contributed by atoms with E-state index in [0.29, 0.717) is 16.8 Å². The summed E-state index contributed by atoms with van der Waals surface area (Å²) >= 11 is 1.94. The van der Waals surface area contributed by atoms with Crippen molar-refractivity contribution in [3.63, 3.8) is 0 Å². The van der Waals surface area contributed by atoms with E-state index in [1.807, 2.05) is 11.8 Å². The summed E-state index contributed by atoms with van der Waals surface area (Å²) in [7, 11) is 0. The van der Waals surface area contributed by atoms with Crippen LogP contribution in [0.15, 0.2) is 12.3 Å². The second kappa shape index (κ2) is 5.95. The van der Waals surface area contributed by atoms with Crippen molar-refractivity contribution in [3.8, 4) is 0 Å². The highest BCUT2D eigenvalue weighted by Crippen LogP contribution is 2.25. The molecular weight excluding hydrogens is 250 g/mol. The molecule has 2 rings (SSSR count). The largest absolute Gasteiger partial charge is 0.478 e. The fourth-order valence-corrected chi connectivity index (χ4v) is 3.20. The number of rotatable bonds is 4. The van der Waals surface area contributed by atoms with Crippen molar-refractivity contribution in [2.75, 3.05) is 23.3 Å². The summed E-state index contributed by atoms with van der Waals surface area (Å²) in [5.41, 5.74) is 6.05. The lowest BCUT2D eigenvalue weighted by Crippen LogP contribution is -2.21. The maximum Gasteiger partial charge on any atom is 0.339 e. The number of carbonyl (C=O) groups is 1. The number of nitrogens with two attached hydrogens (primary N) is 1. The van der Waals surface area contributed by atoms with Crippen LogP contribution < -0.4 is 11.1 Å². The lowest BCUT2D eigenvalue weighted by atomic mass is 10.2. The number of nitrogen functional groups attached to an aromatic ring is 1. The topological polar surface area (TPSA) is 88.2 Å². The number of anilines is 2. The molecule has 5 nitrogen and oxygen atoms in total. The van der Waals surface area contributed by atoms with E-state index in [-0.39, 0.29) is 5.56 Å². The van der Waals surface area contributed by atoms with Gasteiger partial charge in [0.1, 0.15) is 11.4 Å². The Labute approximate surface area is 110 Å². The van der Waals surface area contributed by atoms with Crippen molar-refractivity contribution in [3.05, 3.63) is 17.8 Å². The quantitative estimate of drug-likeness (QED) is 0.774. The SMILES string of the molecule is Nc1cnc(NCC2CCCCS2)c(C(=O)O)c1. The van der Waals surface area contributed by atoms with E-state index in [9.17, 15) is 4.79 Å². The van der Waals surface area contributed by atoms with Crippen LogP contribution in [0.25, 0.3) is 0 Å². The number of pyridine rings is 1. The minimum atomic E-state index is -1.01. The van der Waals surface area contributed by atoms with Gasteiger partial charge in [0.15, 0.2) is 0 Å². The third-order valence-corrected chi connectivity index (χ3v) is 4.31. The molecular formula is C12H17N3O2S. The highest BCUT2D eigenvalue weighted by molar-refractivity contribution is 7.99. The first kappa shape index (κ1) is 13.0.